The number of halogens is 3. The van der Waals surface area contributed by atoms with E-state index in [1.54, 1.807) is 12.1 Å². The molecule has 0 saturated carbocycles. The summed E-state index contributed by atoms with van der Waals surface area (Å²) in [6.45, 7) is 0.296. The average Bonchev–Trinajstić information content (AvgIpc) is 2.90. The summed E-state index contributed by atoms with van der Waals surface area (Å²) in [4.78, 5) is 0. The minimum absolute atomic E-state index is 0.0707. The Labute approximate surface area is 112 Å². The zero-order valence-corrected chi connectivity index (χ0v) is 10.4. The zero-order valence-electron chi connectivity index (χ0n) is 9.54. The highest BCUT2D eigenvalue weighted by Crippen LogP contribution is 2.19. The van der Waals surface area contributed by atoms with Gasteiger partial charge in [0.2, 0.25) is 0 Å². The molecule has 1 aromatic carbocycles. The zero-order chi connectivity index (χ0) is 13.8. The van der Waals surface area contributed by atoms with Crippen LogP contribution in [0.4, 0.5) is 18.9 Å². The van der Waals surface area contributed by atoms with Crippen LogP contribution in [0.15, 0.2) is 34.9 Å². The van der Waals surface area contributed by atoms with Crippen LogP contribution in [0.3, 0.4) is 0 Å². The van der Waals surface area contributed by atoms with Crippen molar-refractivity contribution in [3.05, 3.63) is 53.7 Å². The third kappa shape index (κ3) is 3.25. The SMILES string of the molecule is Fc1ccc(NC(=S)NCc2ccco2)c(F)c1F. The molecular weight excluding hydrogens is 277 g/mol. The molecule has 2 aromatic rings. The lowest BCUT2D eigenvalue weighted by Gasteiger charge is -2.10. The Morgan fingerprint density at radius 2 is 1.95 bits per heavy atom. The van der Waals surface area contributed by atoms with Crippen molar-refractivity contribution in [3.63, 3.8) is 0 Å². The van der Waals surface area contributed by atoms with Gasteiger partial charge >= 0.3 is 0 Å². The molecule has 0 unspecified atom stereocenters. The second-order valence-electron chi connectivity index (χ2n) is 3.61. The Hall–Kier alpha value is -2.02. The molecule has 7 heteroatoms. The Bertz CT molecular complexity index is 587. The van der Waals surface area contributed by atoms with E-state index in [9.17, 15) is 13.2 Å². The molecule has 19 heavy (non-hydrogen) atoms. The van der Waals surface area contributed by atoms with Crippen molar-refractivity contribution in [1.29, 1.82) is 0 Å². The van der Waals surface area contributed by atoms with E-state index in [1.807, 2.05) is 0 Å². The molecule has 0 spiro atoms. The van der Waals surface area contributed by atoms with E-state index in [-0.39, 0.29) is 10.8 Å². The van der Waals surface area contributed by atoms with Crippen molar-refractivity contribution < 1.29 is 17.6 Å². The molecule has 0 aliphatic heterocycles. The maximum atomic E-state index is 13.4. The number of rotatable bonds is 3. The summed E-state index contributed by atoms with van der Waals surface area (Å²) in [6.07, 6.45) is 1.50. The quantitative estimate of drug-likeness (QED) is 0.671. The molecule has 0 saturated heterocycles. The summed E-state index contributed by atoms with van der Waals surface area (Å²) in [5, 5.41) is 5.25. The van der Waals surface area contributed by atoms with E-state index in [2.05, 4.69) is 10.6 Å². The highest BCUT2D eigenvalue weighted by Gasteiger charge is 2.13. The fraction of sp³-hybridized carbons (Fsp3) is 0.0833. The van der Waals surface area contributed by atoms with Gasteiger partial charge in [-0.15, -0.1) is 0 Å². The number of thiocarbonyl (C=S) groups is 1. The first-order valence-electron chi connectivity index (χ1n) is 5.28. The molecule has 2 rings (SSSR count). The summed E-state index contributed by atoms with van der Waals surface area (Å²) in [7, 11) is 0. The van der Waals surface area contributed by atoms with Crippen LogP contribution in [-0.4, -0.2) is 5.11 Å². The van der Waals surface area contributed by atoms with E-state index in [0.29, 0.717) is 12.3 Å². The van der Waals surface area contributed by atoms with E-state index in [0.717, 1.165) is 12.1 Å². The second-order valence-corrected chi connectivity index (χ2v) is 4.02. The van der Waals surface area contributed by atoms with Gasteiger partial charge in [-0.2, -0.15) is 0 Å². The molecule has 3 nitrogen and oxygen atoms in total. The monoisotopic (exact) mass is 286 g/mol. The van der Waals surface area contributed by atoms with Crippen molar-refractivity contribution in [1.82, 2.24) is 5.32 Å². The van der Waals surface area contributed by atoms with Gasteiger partial charge in [-0.05, 0) is 36.5 Å². The standard InChI is InChI=1S/C12H9F3N2OS/c13-8-3-4-9(11(15)10(8)14)17-12(19)16-6-7-2-1-5-18-7/h1-5H,6H2,(H2,16,17,19). The van der Waals surface area contributed by atoms with E-state index < -0.39 is 17.5 Å². The normalized spacial score (nSPS) is 10.3. The number of hydrogen-bond donors (Lipinski definition) is 2. The van der Waals surface area contributed by atoms with Crippen LogP contribution in [0.5, 0.6) is 0 Å². The predicted molar refractivity (Wildman–Crippen MR) is 68.1 cm³/mol. The smallest absolute Gasteiger partial charge is 0.196 e. The van der Waals surface area contributed by atoms with Crippen LogP contribution in [0.1, 0.15) is 5.76 Å². The van der Waals surface area contributed by atoms with Gasteiger partial charge in [0.1, 0.15) is 5.76 Å². The minimum Gasteiger partial charge on any atom is -0.467 e. The number of benzene rings is 1. The first-order valence-corrected chi connectivity index (χ1v) is 5.69. The van der Waals surface area contributed by atoms with Crippen LogP contribution in [0.2, 0.25) is 0 Å². The molecule has 0 radical (unpaired) electrons. The fourth-order valence-corrected chi connectivity index (χ4v) is 1.55. The van der Waals surface area contributed by atoms with Crippen molar-refractivity contribution >= 4 is 23.0 Å². The van der Waals surface area contributed by atoms with Crippen molar-refractivity contribution in [2.45, 2.75) is 6.54 Å². The maximum absolute atomic E-state index is 13.4. The van der Waals surface area contributed by atoms with Crippen molar-refractivity contribution in [2.24, 2.45) is 0 Å². The number of furan rings is 1. The van der Waals surface area contributed by atoms with Gasteiger partial charge in [-0.1, -0.05) is 0 Å². The molecular formula is C12H9F3N2OS. The van der Waals surface area contributed by atoms with Crippen LogP contribution in [0.25, 0.3) is 0 Å². The minimum atomic E-state index is -1.54. The highest BCUT2D eigenvalue weighted by molar-refractivity contribution is 7.80. The molecule has 100 valence electrons. The first kappa shape index (κ1) is 13.4. The largest absolute Gasteiger partial charge is 0.467 e. The first-order chi connectivity index (χ1) is 9.08. The van der Waals surface area contributed by atoms with Crippen molar-refractivity contribution in [3.8, 4) is 0 Å². The lowest BCUT2D eigenvalue weighted by molar-refractivity contribution is 0.449. The van der Waals surface area contributed by atoms with Gasteiger partial charge < -0.3 is 15.1 Å². The molecule has 0 aliphatic rings. The molecule has 0 amide bonds. The molecule has 0 bridgehead atoms. The third-order valence-electron chi connectivity index (χ3n) is 2.29. The lowest BCUT2D eigenvalue weighted by Crippen LogP contribution is -2.28. The third-order valence-corrected chi connectivity index (χ3v) is 2.53. The molecule has 1 aromatic heterocycles. The predicted octanol–water partition coefficient (Wildman–Crippen LogP) is 3.18. The number of anilines is 1. The summed E-state index contributed by atoms with van der Waals surface area (Å²) in [6, 6.07) is 5.32. The van der Waals surface area contributed by atoms with Gasteiger partial charge in [0.25, 0.3) is 0 Å². The second kappa shape index (κ2) is 5.75. The van der Waals surface area contributed by atoms with Crippen molar-refractivity contribution in [2.75, 3.05) is 5.32 Å². The molecule has 1 heterocycles. The Morgan fingerprint density at radius 3 is 2.63 bits per heavy atom. The van der Waals surface area contributed by atoms with Crippen LogP contribution in [-0.2, 0) is 6.54 Å². The lowest BCUT2D eigenvalue weighted by atomic mass is 10.3. The Morgan fingerprint density at radius 1 is 1.16 bits per heavy atom. The van der Waals surface area contributed by atoms with Crippen LogP contribution in [0, 0.1) is 17.5 Å². The summed E-state index contributed by atoms with van der Waals surface area (Å²) < 4.78 is 44.1. The highest BCUT2D eigenvalue weighted by atomic mass is 32.1. The van der Waals surface area contributed by atoms with Crippen LogP contribution < -0.4 is 10.6 Å². The van der Waals surface area contributed by atoms with E-state index >= 15 is 0 Å². The molecule has 2 N–H and O–H groups in total. The van der Waals surface area contributed by atoms with Gasteiger partial charge in [0, 0.05) is 0 Å². The van der Waals surface area contributed by atoms with Gasteiger partial charge in [-0.3, -0.25) is 0 Å². The van der Waals surface area contributed by atoms with Gasteiger partial charge in [-0.25, -0.2) is 13.2 Å². The van der Waals surface area contributed by atoms with E-state index in [4.69, 9.17) is 16.6 Å². The maximum Gasteiger partial charge on any atom is 0.196 e. The average molecular weight is 286 g/mol. The summed E-state index contributed by atoms with van der Waals surface area (Å²) in [5.74, 6) is -3.48. The summed E-state index contributed by atoms with van der Waals surface area (Å²) in [5.41, 5.74) is -0.240. The molecule has 0 atom stereocenters. The van der Waals surface area contributed by atoms with E-state index in [1.165, 1.54) is 6.26 Å². The van der Waals surface area contributed by atoms with Gasteiger partial charge in [0.15, 0.2) is 22.6 Å². The fourth-order valence-electron chi connectivity index (χ4n) is 1.37. The Balaban J connectivity index is 1.97. The van der Waals surface area contributed by atoms with Gasteiger partial charge in [0.05, 0.1) is 18.5 Å². The molecule has 0 aliphatic carbocycles. The summed E-state index contributed by atoms with van der Waals surface area (Å²) >= 11 is 4.90. The Kier molecular flexibility index (Phi) is 4.06. The topological polar surface area (TPSA) is 37.2 Å². The molecule has 0 fully saturated rings. The van der Waals surface area contributed by atoms with Crippen LogP contribution >= 0.6 is 12.2 Å². The number of hydrogen-bond acceptors (Lipinski definition) is 2. The number of nitrogens with one attached hydrogen (secondary N) is 2.